The average Bonchev–Trinajstić information content (AvgIpc) is 2.44. The van der Waals surface area contributed by atoms with Gasteiger partial charge in [-0.2, -0.15) is 10.5 Å². The van der Waals surface area contributed by atoms with Gasteiger partial charge in [0.2, 0.25) is 0 Å². The quantitative estimate of drug-likeness (QED) is 0.398. The largest absolute Gasteiger partial charge is 0.192 e. The third kappa shape index (κ3) is 2.52. The van der Waals surface area contributed by atoms with E-state index in [9.17, 15) is 0 Å². The normalized spacial score (nSPS) is 25.1. The molecule has 0 N–H and O–H groups in total. The maximum Gasteiger partial charge on any atom is 0.129 e. The van der Waals surface area contributed by atoms with Crippen molar-refractivity contribution in [2.75, 3.05) is 0 Å². The highest BCUT2D eigenvalue weighted by Gasteiger charge is 2.31. The van der Waals surface area contributed by atoms with Crippen LogP contribution in [0.5, 0.6) is 0 Å². The van der Waals surface area contributed by atoms with E-state index in [1.165, 1.54) is 12.8 Å². The third-order valence-corrected chi connectivity index (χ3v) is 3.50. The lowest BCUT2D eigenvalue weighted by Crippen LogP contribution is -2.19. The van der Waals surface area contributed by atoms with Crippen LogP contribution in [0, 0.1) is 28.1 Å². The second kappa shape index (κ2) is 5.52. The number of hydrogen-bond acceptors (Lipinski definition) is 2. The van der Waals surface area contributed by atoms with Crippen LogP contribution < -0.4 is 0 Å². The summed E-state index contributed by atoms with van der Waals surface area (Å²) in [6, 6.07) is 4.09. The molecule has 1 fully saturated rings. The fraction of sp³-hybridized carbons (Fsp3) is 0.571. The molecule has 84 valence electrons. The molecule has 1 aliphatic carbocycles. The van der Waals surface area contributed by atoms with Crippen LogP contribution in [0.1, 0.15) is 45.4 Å². The first-order chi connectivity index (χ1) is 7.68. The molecule has 0 aromatic heterocycles. The Kier molecular flexibility index (Phi) is 4.32. The first-order valence-electron chi connectivity index (χ1n) is 5.82. The molecular formula is C14H18N2. The van der Waals surface area contributed by atoms with Crippen molar-refractivity contribution in [3.8, 4) is 12.1 Å². The standard InChI is InChI=1S/C14H18N2/c1-3-8-14(2)9-6-4-5-7-13(14)12(10-15)11-16/h3H,1,4-9H2,2H3. The predicted molar refractivity (Wildman–Crippen MR) is 64.3 cm³/mol. The lowest BCUT2D eigenvalue weighted by Gasteiger charge is -2.30. The molecule has 0 amide bonds. The maximum atomic E-state index is 9.01. The van der Waals surface area contributed by atoms with Crippen molar-refractivity contribution in [1.82, 2.24) is 0 Å². The van der Waals surface area contributed by atoms with E-state index in [-0.39, 0.29) is 5.41 Å². The summed E-state index contributed by atoms with van der Waals surface area (Å²) in [7, 11) is 0. The second-order valence-corrected chi connectivity index (χ2v) is 4.69. The first-order valence-corrected chi connectivity index (χ1v) is 5.82. The van der Waals surface area contributed by atoms with Gasteiger partial charge < -0.3 is 0 Å². The second-order valence-electron chi connectivity index (χ2n) is 4.69. The molecule has 1 unspecified atom stereocenters. The van der Waals surface area contributed by atoms with E-state index in [1.54, 1.807) is 0 Å². The van der Waals surface area contributed by atoms with Crippen LogP contribution in [0.2, 0.25) is 0 Å². The van der Waals surface area contributed by atoms with Crippen LogP contribution in [0.15, 0.2) is 23.8 Å². The Morgan fingerprint density at radius 3 is 2.62 bits per heavy atom. The Morgan fingerprint density at radius 2 is 2.06 bits per heavy atom. The Labute approximate surface area is 97.9 Å². The summed E-state index contributed by atoms with van der Waals surface area (Å²) in [4.78, 5) is 0. The van der Waals surface area contributed by atoms with Crippen molar-refractivity contribution in [3.05, 3.63) is 23.8 Å². The van der Waals surface area contributed by atoms with Gasteiger partial charge in [-0.1, -0.05) is 25.8 Å². The van der Waals surface area contributed by atoms with Gasteiger partial charge in [0.1, 0.15) is 17.7 Å². The highest BCUT2D eigenvalue weighted by Crippen LogP contribution is 2.43. The van der Waals surface area contributed by atoms with E-state index < -0.39 is 0 Å². The summed E-state index contributed by atoms with van der Waals surface area (Å²) >= 11 is 0. The number of nitriles is 2. The van der Waals surface area contributed by atoms with E-state index in [0.717, 1.165) is 31.3 Å². The van der Waals surface area contributed by atoms with Gasteiger partial charge >= 0.3 is 0 Å². The molecule has 2 nitrogen and oxygen atoms in total. The number of rotatable bonds is 2. The van der Waals surface area contributed by atoms with Crippen molar-refractivity contribution in [2.24, 2.45) is 5.41 Å². The van der Waals surface area contributed by atoms with E-state index in [4.69, 9.17) is 10.5 Å². The molecule has 16 heavy (non-hydrogen) atoms. The lowest BCUT2D eigenvalue weighted by molar-refractivity contribution is 0.364. The van der Waals surface area contributed by atoms with Crippen molar-refractivity contribution in [2.45, 2.75) is 45.4 Å². The Balaban J connectivity index is 3.19. The molecule has 0 bridgehead atoms. The Morgan fingerprint density at radius 1 is 1.38 bits per heavy atom. The molecule has 0 aromatic carbocycles. The molecule has 1 atom stereocenters. The topological polar surface area (TPSA) is 47.6 Å². The average molecular weight is 214 g/mol. The Hall–Kier alpha value is -1.54. The fourth-order valence-electron chi connectivity index (χ4n) is 2.58. The number of hydrogen-bond donors (Lipinski definition) is 0. The molecule has 0 spiro atoms. The molecule has 0 aromatic rings. The van der Waals surface area contributed by atoms with Crippen LogP contribution in [0.3, 0.4) is 0 Å². The van der Waals surface area contributed by atoms with Gasteiger partial charge in [0.15, 0.2) is 0 Å². The van der Waals surface area contributed by atoms with E-state index in [1.807, 2.05) is 18.2 Å². The minimum atomic E-state index is -0.0287. The summed E-state index contributed by atoms with van der Waals surface area (Å²) in [6.45, 7) is 5.94. The monoisotopic (exact) mass is 214 g/mol. The third-order valence-electron chi connectivity index (χ3n) is 3.50. The van der Waals surface area contributed by atoms with Crippen molar-refractivity contribution < 1.29 is 0 Å². The van der Waals surface area contributed by atoms with E-state index >= 15 is 0 Å². The van der Waals surface area contributed by atoms with Gasteiger partial charge in [0.25, 0.3) is 0 Å². The zero-order valence-corrected chi connectivity index (χ0v) is 9.92. The van der Waals surface area contributed by atoms with Crippen LogP contribution in [-0.2, 0) is 0 Å². The van der Waals surface area contributed by atoms with Gasteiger partial charge in [-0.15, -0.1) is 6.58 Å². The molecular weight excluding hydrogens is 196 g/mol. The van der Waals surface area contributed by atoms with Gasteiger partial charge in [-0.25, -0.2) is 0 Å². The van der Waals surface area contributed by atoms with Crippen LogP contribution in [0.4, 0.5) is 0 Å². The minimum absolute atomic E-state index is 0.0287. The van der Waals surface area contributed by atoms with E-state index in [0.29, 0.717) is 5.57 Å². The van der Waals surface area contributed by atoms with Crippen LogP contribution in [-0.4, -0.2) is 0 Å². The summed E-state index contributed by atoms with van der Waals surface area (Å²) in [6.07, 6.45) is 8.17. The van der Waals surface area contributed by atoms with E-state index in [2.05, 4.69) is 13.5 Å². The summed E-state index contributed by atoms with van der Waals surface area (Å²) in [5.74, 6) is 0. The van der Waals surface area contributed by atoms with Crippen molar-refractivity contribution in [3.63, 3.8) is 0 Å². The highest BCUT2D eigenvalue weighted by atomic mass is 14.4. The van der Waals surface area contributed by atoms with Crippen LogP contribution >= 0.6 is 0 Å². The number of nitrogens with zero attached hydrogens (tertiary/aromatic N) is 2. The van der Waals surface area contributed by atoms with Gasteiger partial charge in [0, 0.05) is 0 Å². The molecule has 2 heteroatoms. The van der Waals surface area contributed by atoms with Crippen molar-refractivity contribution in [1.29, 1.82) is 10.5 Å². The molecule has 1 rings (SSSR count). The van der Waals surface area contributed by atoms with Crippen LogP contribution in [0.25, 0.3) is 0 Å². The fourth-order valence-corrected chi connectivity index (χ4v) is 2.58. The number of allylic oxidation sites excluding steroid dienone is 3. The highest BCUT2D eigenvalue weighted by molar-refractivity contribution is 5.43. The maximum absolute atomic E-state index is 9.01. The summed E-state index contributed by atoms with van der Waals surface area (Å²) in [5, 5.41) is 18.0. The summed E-state index contributed by atoms with van der Waals surface area (Å²) in [5.41, 5.74) is 1.35. The zero-order chi connectivity index (χ0) is 12.0. The lowest BCUT2D eigenvalue weighted by atomic mass is 9.74. The summed E-state index contributed by atoms with van der Waals surface area (Å²) < 4.78 is 0. The zero-order valence-electron chi connectivity index (χ0n) is 9.92. The Bertz CT molecular complexity index is 363. The van der Waals surface area contributed by atoms with Gasteiger partial charge in [0.05, 0.1) is 0 Å². The molecule has 0 saturated heterocycles. The minimum Gasteiger partial charge on any atom is -0.192 e. The molecule has 0 radical (unpaired) electrons. The van der Waals surface area contributed by atoms with Gasteiger partial charge in [-0.3, -0.25) is 0 Å². The molecule has 1 saturated carbocycles. The predicted octanol–water partition coefficient (Wildman–Crippen LogP) is 3.88. The van der Waals surface area contributed by atoms with Gasteiger partial charge in [-0.05, 0) is 36.7 Å². The van der Waals surface area contributed by atoms with Crippen molar-refractivity contribution >= 4 is 0 Å². The molecule has 0 aliphatic heterocycles. The molecule has 1 aliphatic rings. The smallest absolute Gasteiger partial charge is 0.129 e. The first kappa shape index (κ1) is 12.5. The SMILES string of the molecule is C=CCC1(C)CCCCCC1=C(C#N)C#N. The molecule has 0 heterocycles.